The lowest BCUT2D eigenvalue weighted by Crippen LogP contribution is -2.48. The molecule has 2 rings (SSSR count). The van der Waals surface area contributed by atoms with E-state index in [1.807, 2.05) is 16.7 Å². The fraction of sp³-hybridized carbons (Fsp3) is 0.929. The highest BCUT2D eigenvalue weighted by molar-refractivity contribution is 7.99. The van der Waals surface area contributed by atoms with E-state index in [1.165, 1.54) is 6.26 Å². The Bertz CT molecular complexity index is 464. The number of piperidine rings is 1. The zero-order valence-electron chi connectivity index (χ0n) is 13.2. The minimum absolute atomic E-state index is 0.173. The van der Waals surface area contributed by atoms with Crippen molar-refractivity contribution < 1.29 is 13.2 Å². The van der Waals surface area contributed by atoms with Crippen molar-refractivity contribution in [2.45, 2.75) is 44.2 Å². The van der Waals surface area contributed by atoms with Gasteiger partial charge in [-0.3, -0.25) is 4.79 Å². The van der Waals surface area contributed by atoms with E-state index in [2.05, 4.69) is 10.0 Å². The first-order valence-electron chi connectivity index (χ1n) is 8.01. The van der Waals surface area contributed by atoms with Crippen molar-refractivity contribution in [3.8, 4) is 0 Å². The molecule has 8 heteroatoms. The van der Waals surface area contributed by atoms with Crippen molar-refractivity contribution in [2.24, 2.45) is 0 Å². The van der Waals surface area contributed by atoms with E-state index in [4.69, 9.17) is 0 Å². The molecular formula is C14H27N3O3S2. The number of likely N-dealkylation sites (tertiary alicyclic amines) is 1. The molecule has 6 nitrogen and oxygen atoms in total. The molecule has 0 radical (unpaired) electrons. The minimum Gasteiger partial charge on any atom is -0.340 e. The zero-order chi connectivity index (χ0) is 16.0. The summed E-state index contributed by atoms with van der Waals surface area (Å²) in [5.74, 6) is 2.33. The number of carbonyl (C=O) groups excluding carboxylic acids is 1. The molecule has 2 unspecified atom stereocenters. The first-order chi connectivity index (χ1) is 10.5. The monoisotopic (exact) mass is 349 g/mol. The first-order valence-corrected chi connectivity index (χ1v) is 11.1. The van der Waals surface area contributed by atoms with Gasteiger partial charge in [0.2, 0.25) is 15.9 Å². The molecular weight excluding hydrogens is 322 g/mol. The zero-order valence-corrected chi connectivity index (χ0v) is 14.8. The van der Waals surface area contributed by atoms with E-state index in [0.717, 1.165) is 43.9 Å². The van der Waals surface area contributed by atoms with Gasteiger partial charge in [0, 0.05) is 49.6 Å². The van der Waals surface area contributed by atoms with E-state index >= 15 is 0 Å². The fourth-order valence-electron chi connectivity index (χ4n) is 3.12. The van der Waals surface area contributed by atoms with Crippen LogP contribution in [0.15, 0.2) is 0 Å². The second-order valence-electron chi connectivity index (χ2n) is 6.12. The lowest BCUT2D eigenvalue weighted by molar-refractivity contribution is -0.135. The van der Waals surface area contributed by atoms with Crippen LogP contribution in [0.25, 0.3) is 0 Å². The third-order valence-corrected chi connectivity index (χ3v) is 6.07. The van der Waals surface area contributed by atoms with Gasteiger partial charge < -0.3 is 10.2 Å². The molecule has 1 amide bonds. The summed E-state index contributed by atoms with van der Waals surface area (Å²) in [4.78, 5) is 14.6. The third-order valence-electron chi connectivity index (χ3n) is 4.21. The van der Waals surface area contributed by atoms with Crippen LogP contribution >= 0.6 is 11.8 Å². The Balaban J connectivity index is 1.83. The van der Waals surface area contributed by atoms with Crippen LogP contribution in [0.1, 0.15) is 32.1 Å². The smallest absolute Gasteiger partial charge is 0.224 e. The molecule has 2 aliphatic heterocycles. The molecule has 0 spiro atoms. The van der Waals surface area contributed by atoms with Crippen molar-refractivity contribution in [1.29, 1.82) is 0 Å². The van der Waals surface area contributed by atoms with E-state index in [0.29, 0.717) is 19.4 Å². The molecule has 128 valence electrons. The van der Waals surface area contributed by atoms with Gasteiger partial charge in [0.05, 0.1) is 6.26 Å². The van der Waals surface area contributed by atoms with Crippen LogP contribution in [-0.4, -0.2) is 68.7 Å². The van der Waals surface area contributed by atoms with E-state index in [9.17, 15) is 13.2 Å². The summed E-state index contributed by atoms with van der Waals surface area (Å²) in [7, 11) is -3.15. The summed E-state index contributed by atoms with van der Waals surface area (Å²) in [5, 5.41) is 3.41. The number of nitrogens with one attached hydrogen (secondary N) is 2. The first kappa shape index (κ1) is 18.0. The molecule has 2 N–H and O–H groups in total. The summed E-state index contributed by atoms with van der Waals surface area (Å²) in [6.07, 6.45) is 5.57. The molecule has 2 aliphatic rings. The number of thioether (sulfide) groups is 1. The molecule has 0 aromatic heterocycles. The molecule has 0 bridgehead atoms. The second-order valence-corrected chi connectivity index (χ2v) is 9.10. The maximum atomic E-state index is 12.6. The fourth-order valence-corrected chi connectivity index (χ4v) is 4.56. The van der Waals surface area contributed by atoms with Crippen LogP contribution in [-0.2, 0) is 14.8 Å². The highest BCUT2D eigenvalue weighted by atomic mass is 32.2. The SMILES string of the molecule is CS(=O)(=O)NCCC1CCCCN1C(=O)CC1CSCCN1. The lowest BCUT2D eigenvalue weighted by atomic mass is 9.98. The molecule has 0 saturated carbocycles. The van der Waals surface area contributed by atoms with Crippen LogP contribution in [0.4, 0.5) is 0 Å². The number of rotatable bonds is 6. The van der Waals surface area contributed by atoms with Gasteiger partial charge in [0.15, 0.2) is 0 Å². The van der Waals surface area contributed by atoms with Crippen LogP contribution in [0.3, 0.4) is 0 Å². The van der Waals surface area contributed by atoms with Crippen LogP contribution < -0.4 is 10.0 Å². The van der Waals surface area contributed by atoms with E-state index < -0.39 is 10.0 Å². The summed E-state index contributed by atoms with van der Waals surface area (Å²) in [6, 6.07) is 0.453. The summed E-state index contributed by atoms with van der Waals surface area (Å²) in [6.45, 7) is 2.19. The van der Waals surface area contributed by atoms with Gasteiger partial charge in [0.25, 0.3) is 0 Å². The molecule has 2 atom stereocenters. The Kier molecular flexibility index (Phi) is 6.98. The molecule has 22 heavy (non-hydrogen) atoms. The number of hydrogen-bond acceptors (Lipinski definition) is 5. The van der Waals surface area contributed by atoms with Crippen molar-refractivity contribution in [3.63, 3.8) is 0 Å². The van der Waals surface area contributed by atoms with Crippen molar-refractivity contribution in [3.05, 3.63) is 0 Å². The van der Waals surface area contributed by atoms with Gasteiger partial charge in [-0.15, -0.1) is 0 Å². The lowest BCUT2D eigenvalue weighted by Gasteiger charge is -2.37. The Labute approximate surface area is 137 Å². The van der Waals surface area contributed by atoms with Crippen molar-refractivity contribution >= 4 is 27.7 Å². The largest absolute Gasteiger partial charge is 0.340 e. The van der Waals surface area contributed by atoms with Crippen LogP contribution in [0, 0.1) is 0 Å². The number of amides is 1. The Morgan fingerprint density at radius 3 is 2.91 bits per heavy atom. The normalized spacial score (nSPS) is 26.9. The van der Waals surface area contributed by atoms with E-state index in [-0.39, 0.29) is 18.0 Å². The maximum Gasteiger partial charge on any atom is 0.224 e. The average molecular weight is 350 g/mol. The van der Waals surface area contributed by atoms with Crippen molar-refractivity contribution in [1.82, 2.24) is 14.9 Å². The quantitative estimate of drug-likeness (QED) is 0.726. The standard InChI is InChI=1S/C14H27N3O3S2/c1-22(19,20)16-6-5-13-4-2-3-8-17(13)14(18)10-12-11-21-9-7-15-12/h12-13,15-16H,2-11H2,1H3. The van der Waals surface area contributed by atoms with Gasteiger partial charge in [-0.05, 0) is 25.7 Å². The van der Waals surface area contributed by atoms with Gasteiger partial charge >= 0.3 is 0 Å². The maximum absolute atomic E-state index is 12.6. The average Bonchev–Trinajstić information content (AvgIpc) is 2.47. The highest BCUT2D eigenvalue weighted by Gasteiger charge is 2.28. The Morgan fingerprint density at radius 1 is 1.41 bits per heavy atom. The predicted octanol–water partition coefficient (Wildman–Crippen LogP) is 0.402. The summed E-state index contributed by atoms with van der Waals surface area (Å²) < 4.78 is 24.8. The minimum atomic E-state index is -3.15. The van der Waals surface area contributed by atoms with E-state index in [1.54, 1.807) is 0 Å². The molecule has 0 aliphatic carbocycles. The van der Waals surface area contributed by atoms with Gasteiger partial charge in [-0.25, -0.2) is 13.1 Å². The number of sulfonamides is 1. The Morgan fingerprint density at radius 2 is 2.23 bits per heavy atom. The third kappa shape index (κ3) is 6.06. The molecule has 0 aromatic carbocycles. The number of carbonyl (C=O) groups is 1. The number of nitrogens with zero attached hydrogens (tertiary/aromatic N) is 1. The number of hydrogen-bond donors (Lipinski definition) is 2. The van der Waals surface area contributed by atoms with Gasteiger partial charge in [-0.1, -0.05) is 0 Å². The molecule has 0 aromatic rings. The topological polar surface area (TPSA) is 78.5 Å². The van der Waals surface area contributed by atoms with Crippen molar-refractivity contribution in [2.75, 3.05) is 37.4 Å². The molecule has 2 fully saturated rings. The van der Waals surface area contributed by atoms with Gasteiger partial charge in [-0.2, -0.15) is 11.8 Å². The summed E-state index contributed by atoms with van der Waals surface area (Å²) >= 11 is 1.90. The molecule has 2 saturated heterocycles. The van der Waals surface area contributed by atoms with Gasteiger partial charge in [0.1, 0.15) is 0 Å². The van der Waals surface area contributed by atoms with Crippen LogP contribution in [0.5, 0.6) is 0 Å². The predicted molar refractivity (Wildman–Crippen MR) is 90.5 cm³/mol. The Hall–Kier alpha value is -0.310. The van der Waals surface area contributed by atoms with Crippen LogP contribution in [0.2, 0.25) is 0 Å². The highest BCUT2D eigenvalue weighted by Crippen LogP contribution is 2.21. The summed E-state index contributed by atoms with van der Waals surface area (Å²) in [5.41, 5.74) is 0. The second kappa shape index (κ2) is 8.52. The molecule has 2 heterocycles.